The third kappa shape index (κ3) is 6.61. The molecular formula is C23H29N3O3. The van der Waals surface area contributed by atoms with Gasteiger partial charge in [-0.15, -0.1) is 0 Å². The zero-order chi connectivity index (χ0) is 20.5. The van der Waals surface area contributed by atoms with Crippen LogP contribution in [0.5, 0.6) is 5.75 Å². The Balaban J connectivity index is 1.39. The van der Waals surface area contributed by atoms with Gasteiger partial charge in [-0.3, -0.25) is 14.5 Å². The number of carbonyl (C=O) groups is 2. The Morgan fingerprint density at radius 3 is 2.62 bits per heavy atom. The highest BCUT2D eigenvalue weighted by atomic mass is 16.5. The molecule has 2 aromatic carbocycles. The molecule has 6 nitrogen and oxygen atoms in total. The maximum Gasteiger partial charge on any atom is 0.253 e. The Morgan fingerprint density at radius 2 is 1.83 bits per heavy atom. The van der Waals surface area contributed by atoms with Crippen LogP contribution in [0.3, 0.4) is 0 Å². The molecule has 1 N–H and O–H groups in total. The van der Waals surface area contributed by atoms with Crippen LogP contribution in [0, 0.1) is 6.92 Å². The molecule has 0 aliphatic carbocycles. The maximum atomic E-state index is 12.7. The summed E-state index contributed by atoms with van der Waals surface area (Å²) < 4.78 is 5.58. The second-order valence-electron chi connectivity index (χ2n) is 7.30. The zero-order valence-electron chi connectivity index (χ0n) is 17.0. The summed E-state index contributed by atoms with van der Waals surface area (Å²) in [7, 11) is 0. The molecule has 1 saturated heterocycles. The van der Waals surface area contributed by atoms with Crippen molar-refractivity contribution in [2.45, 2.75) is 13.3 Å². The van der Waals surface area contributed by atoms with Crippen LogP contribution in [0.25, 0.3) is 0 Å². The Labute approximate surface area is 172 Å². The third-order valence-corrected chi connectivity index (χ3v) is 4.94. The number of ether oxygens (including phenoxy) is 1. The first kappa shape index (κ1) is 20.9. The van der Waals surface area contributed by atoms with Crippen molar-refractivity contribution in [2.24, 2.45) is 0 Å². The summed E-state index contributed by atoms with van der Waals surface area (Å²) in [4.78, 5) is 29.0. The number of hydrogen-bond donors (Lipinski definition) is 1. The van der Waals surface area contributed by atoms with Crippen molar-refractivity contribution >= 4 is 11.8 Å². The number of hydrogen-bond acceptors (Lipinski definition) is 4. The van der Waals surface area contributed by atoms with Gasteiger partial charge < -0.3 is 15.0 Å². The first-order valence-corrected chi connectivity index (χ1v) is 10.1. The molecule has 0 unspecified atom stereocenters. The molecule has 1 aliphatic heterocycles. The molecule has 2 aromatic rings. The Kier molecular flexibility index (Phi) is 7.64. The van der Waals surface area contributed by atoms with Crippen molar-refractivity contribution in [3.63, 3.8) is 0 Å². The van der Waals surface area contributed by atoms with Gasteiger partial charge in [0.05, 0.1) is 13.1 Å². The van der Waals surface area contributed by atoms with E-state index < -0.39 is 0 Å². The monoisotopic (exact) mass is 395 g/mol. The summed E-state index contributed by atoms with van der Waals surface area (Å²) in [6, 6.07) is 17.2. The van der Waals surface area contributed by atoms with Crippen LogP contribution >= 0.6 is 0 Å². The number of benzene rings is 2. The molecule has 2 amide bonds. The lowest BCUT2D eigenvalue weighted by Gasteiger charge is -2.22. The van der Waals surface area contributed by atoms with Crippen LogP contribution in [-0.4, -0.2) is 67.5 Å². The fourth-order valence-electron chi connectivity index (χ4n) is 3.43. The lowest BCUT2D eigenvalue weighted by Crippen LogP contribution is -2.41. The third-order valence-electron chi connectivity index (χ3n) is 4.94. The average molecular weight is 396 g/mol. The number of nitrogens with one attached hydrogen (secondary N) is 1. The predicted octanol–water partition coefficient (Wildman–Crippen LogP) is 2.34. The summed E-state index contributed by atoms with van der Waals surface area (Å²) in [5, 5.41) is 2.90. The molecular weight excluding hydrogens is 366 g/mol. The molecule has 1 aliphatic rings. The lowest BCUT2D eigenvalue weighted by molar-refractivity contribution is -0.122. The Bertz CT molecular complexity index is 810. The highest BCUT2D eigenvalue weighted by molar-refractivity contribution is 5.94. The van der Waals surface area contributed by atoms with Gasteiger partial charge in [-0.2, -0.15) is 0 Å². The van der Waals surface area contributed by atoms with Gasteiger partial charge in [-0.25, -0.2) is 0 Å². The van der Waals surface area contributed by atoms with E-state index in [4.69, 9.17) is 4.74 Å². The van der Waals surface area contributed by atoms with Crippen LogP contribution < -0.4 is 10.1 Å². The molecule has 29 heavy (non-hydrogen) atoms. The van der Waals surface area contributed by atoms with E-state index in [1.54, 1.807) is 0 Å². The molecule has 0 saturated carbocycles. The van der Waals surface area contributed by atoms with E-state index in [1.165, 1.54) is 0 Å². The highest BCUT2D eigenvalue weighted by Gasteiger charge is 2.21. The van der Waals surface area contributed by atoms with Crippen molar-refractivity contribution in [1.29, 1.82) is 0 Å². The van der Waals surface area contributed by atoms with Gasteiger partial charge >= 0.3 is 0 Å². The molecule has 1 heterocycles. The fraction of sp³-hybridized carbons (Fsp3) is 0.391. The molecule has 3 rings (SSSR count). The second kappa shape index (κ2) is 10.6. The van der Waals surface area contributed by atoms with Crippen LogP contribution in [0.4, 0.5) is 0 Å². The van der Waals surface area contributed by atoms with E-state index in [1.807, 2.05) is 66.4 Å². The van der Waals surface area contributed by atoms with Crippen LogP contribution in [0.2, 0.25) is 0 Å². The van der Waals surface area contributed by atoms with E-state index in [2.05, 4.69) is 10.2 Å². The number of nitrogens with zero attached hydrogens (tertiary/aromatic N) is 2. The molecule has 0 spiro atoms. The van der Waals surface area contributed by atoms with Crippen LogP contribution in [0.1, 0.15) is 22.3 Å². The molecule has 0 atom stereocenters. The molecule has 0 bridgehead atoms. The van der Waals surface area contributed by atoms with Crippen LogP contribution in [0.15, 0.2) is 54.6 Å². The van der Waals surface area contributed by atoms with Crippen molar-refractivity contribution in [2.75, 3.05) is 45.9 Å². The standard InChI is InChI=1S/C23H29N3O3/c1-19-7-5-8-20(17-19)23(28)26-13-6-12-25(14-15-26)18-22(27)24-11-16-29-21-9-3-2-4-10-21/h2-5,7-10,17H,6,11-16,18H2,1H3,(H,24,27). The average Bonchev–Trinajstić information content (AvgIpc) is 2.97. The van der Waals surface area contributed by atoms with Gasteiger partial charge in [0, 0.05) is 31.7 Å². The van der Waals surface area contributed by atoms with E-state index >= 15 is 0 Å². The summed E-state index contributed by atoms with van der Waals surface area (Å²) in [6.45, 7) is 6.11. The number of carbonyl (C=O) groups excluding carboxylic acids is 2. The summed E-state index contributed by atoms with van der Waals surface area (Å²) >= 11 is 0. The minimum atomic E-state index is -0.0138. The van der Waals surface area contributed by atoms with E-state index in [-0.39, 0.29) is 11.8 Å². The molecule has 0 radical (unpaired) electrons. The molecule has 1 fully saturated rings. The Morgan fingerprint density at radius 1 is 1.00 bits per heavy atom. The lowest BCUT2D eigenvalue weighted by atomic mass is 10.1. The van der Waals surface area contributed by atoms with Crippen LogP contribution in [-0.2, 0) is 4.79 Å². The van der Waals surface area contributed by atoms with E-state index in [0.29, 0.717) is 32.8 Å². The molecule has 6 heteroatoms. The van der Waals surface area contributed by atoms with Crippen molar-refractivity contribution in [1.82, 2.24) is 15.1 Å². The minimum Gasteiger partial charge on any atom is -0.492 e. The number of aryl methyl sites for hydroxylation is 1. The fourth-order valence-corrected chi connectivity index (χ4v) is 3.43. The quantitative estimate of drug-likeness (QED) is 0.731. The molecule has 154 valence electrons. The van der Waals surface area contributed by atoms with E-state index in [0.717, 1.165) is 36.4 Å². The first-order chi connectivity index (χ1) is 14.1. The van der Waals surface area contributed by atoms with Gasteiger partial charge in [-0.1, -0.05) is 35.9 Å². The molecule has 0 aromatic heterocycles. The predicted molar refractivity (Wildman–Crippen MR) is 113 cm³/mol. The van der Waals surface area contributed by atoms with E-state index in [9.17, 15) is 9.59 Å². The summed E-state index contributed by atoms with van der Waals surface area (Å²) in [5.41, 5.74) is 1.81. The van der Waals surface area contributed by atoms with Gasteiger partial charge in [-0.05, 0) is 37.6 Å². The first-order valence-electron chi connectivity index (χ1n) is 10.1. The van der Waals surface area contributed by atoms with Crippen molar-refractivity contribution < 1.29 is 14.3 Å². The SMILES string of the molecule is Cc1cccc(C(=O)N2CCCN(CC(=O)NCCOc3ccccc3)CC2)c1. The van der Waals surface area contributed by atoms with Gasteiger partial charge in [0.1, 0.15) is 12.4 Å². The second-order valence-corrected chi connectivity index (χ2v) is 7.30. The summed E-state index contributed by atoms with van der Waals surface area (Å²) in [6.07, 6.45) is 0.863. The normalized spacial score (nSPS) is 14.9. The topological polar surface area (TPSA) is 61.9 Å². The number of para-hydroxylation sites is 1. The van der Waals surface area contributed by atoms with Gasteiger partial charge in [0.25, 0.3) is 5.91 Å². The Hall–Kier alpha value is -2.86. The smallest absolute Gasteiger partial charge is 0.253 e. The van der Waals surface area contributed by atoms with Gasteiger partial charge in [0.15, 0.2) is 0 Å². The minimum absolute atomic E-state index is 0.0138. The maximum absolute atomic E-state index is 12.7. The number of amides is 2. The van der Waals surface area contributed by atoms with Gasteiger partial charge in [0.2, 0.25) is 5.91 Å². The highest BCUT2D eigenvalue weighted by Crippen LogP contribution is 2.11. The largest absolute Gasteiger partial charge is 0.492 e. The van der Waals surface area contributed by atoms with Crippen molar-refractivity contribution in [3.8, 4) is 5.75 Å². The summed E-state index contributed by atoms with van der Waals surface area (Å²) in [5.74, 6) is 0.853. The van der Waals surface area contributed by atoms with Crippen molar-refractivity contribution in [3.05, 3.63) is 65.7 Å². The zero-order valence-corrected chi connectivity index (χ0v) is 17.0. The number of rotatable bonds is 7.